The Morgan fingerprint density at radius 3 is 2.87 bits per heavy atom. The lowest BCUT2D eigenvalue weighted by molar-refractivity contribution is 1.34. The van der Waals surface area contributed by atoms with E-state index in [1.807, 2.05) is 37.3 Å². The quantitative estimate of drug-likeness (QED) is 0.696. The van der Waals surface area contributed by atoms with E-state index in [0.717, 1.165) is 22.2 Å². The Labute approximate surface area is 94.4 Å². The van der Waals surface area contributed by atoms with Gasteiger partial charge in [-0.2, -0.15) is 0 Å². The van der Waals surface area contributed by atoms with Crippen molar-refractivity contribution in [3.63, 3.8) is 0 Å². The molecule has 0 saturated heterocycles. The second kappa shape index (κ2) is 4.45. The first-order valence-corrected chi connectivity index (χ1v) is 5.42. The Balaban J connectivity index is 2.47. The van der Waals surface area contributed by atoms with Crippen molar-refractivity contribution in [1.82, 2.24) is 4.98 Å². The van der Waals surface area contributed by atoms with Gasteiger partial charge in [0.25, 0.3) is 0 Å². The molecular weight excluding hydrogens is 206 g/mol. The van der Waals surface area contributed by atoms with Gasteiger partial charge < -0.3 is 0 Å². The predicted octanol–water partition coefficient (Wildman–Crippen LogP) is 3.88. The smallest absolute Gasteiger partial charge is 0.0709 e. The van der Waals surface area contributed by atoms with Crippen molar-refractivity contribution in [2.24, 2.45) is 0 Å². The molecule has 1 heterocycles. The van der Waals surface area contributed by atoms with Crippen molar-refractivity contribution in [2.75, 3.05) is 5.88 Å². The molecule has 0 aliphatic carbocycles. The summed E-state index contributed by atoms with van der Waals surface area (Å²) in [6, 6.07) is 12.2. The average molecular weight is 218 g/mol. The molecule has 76 valence electrons. The van der Waals surface area contributed by atoms with Crippen molar-refractivity contribution in [2.45, 2.75) is 6.92 Å². The molecule has 2 heteroatoms. The average Bonchev–Trinajstić information content (AvgIpc) is 2.29. The second-order valence-electron chi connectivity index (χ2n) is 3.55. The van der Waals surface area contributed by atoms with Crippen molar-refractivity contribution >= 4 is 28.6 Å². The zero-order valence-electron chi connectivity index (χ0n) is 8.57. The molecule has 15 heavy (non-hydrogen) atoms. The maximum Gasteiger partial charge on any atom is 0.0709 e. The van der Waals surface area contributed by atoms with E-state index >= 15 is 0 Å². The minimum atomic E-state index is 0.550. The van der Waals surface area contributed by atoms with Crippen LogP contribution in [0.4, 0.5) is 0 Å². The summed E-state index contributed by atoms with van der Waals surface area (Å²) < 4.78 is 0. The van der Waals surface area contributed by atoms with Gasteiger partial charge in [-0.25, -0.2) is 4.98 Å². The number of fused-ring (bicyclic) bond motifs is 1. The molecule has 2 aromatic rings. The Morgan fingerprint density at radius 1 is 1.27 bits per heavy atom. The number of rotatable bonds is 2. The first-order valence-electron chi connectivity index (χ1n) is 4.88. The normalized spacial score (nSPS) is 12.0. The molecule has 1 nitrogen and oxygen atoms in total. The van der Waals surface area contributed by atoms with Crippen LogP contribution in [-0.2, 0) is 0 Å². The van der Waals surface area contributed by atoms with Gasteiger partial charge in [0.1, 0.15) is 0 Å². The first-order chi connectivity index (χ1) is 7.29. The van der Waals surface area contributed by atoms with Gasteiger partial charge in [0.05, 0.1) is 11.2 Å². The van der Waals surface area contributed by atoms with Crippen LogP contribution in [0.15, 0.2) is 42.0 Å². The molecule has 0 saturated carbocycles. The van der Waals surface area contributed by atoms with E-state index in [2.05, 4.69) is 17.1 Å². The maximum absolute atomic E-state index is 5.72. The van der Waals surface area contributed by atoms with Gasteiger partial charge in [-0.05, 0) is 25.1 Å². The molecule has 0 spiro atoms. The molecule has 0 N–H and O–H groups in total. The first kappa shape index (κ1) is 10.2. The lowest BCUT2D eigenvalue weighted by Gasteiger charge is -1.99. The monoisotopic (exact) mass is 217 g/mol. The zero-order chi connectivity index (χ0) is 10.7. The lowest BCUT2D eigenvalue weighted by atomic mass is 10.2. The second-order valence-corrected chi connectivity index (χ2v) is 3.82. The number of pyridine rings is 1. The van der Waals surface area contributed by atoms with Crippen molar-refractivity contribution in [3.8, 4) is 0 Å². The van der Waals surface area contributed by atoms with E-state index in [1.54, 1.807) is 0 Å². The molecule has 0 bridgehead atoms. The van der Waals surface area contributed by atoms with Crippen LogP contribution in [0.25, 0.3) is 17.0 Å². The third-order valence-corrected chi connectivity index (χ3v) is 2.65. The summed E-state index contributed by atoms with van der Waals surface area (Å²) >= 11 is 5.72. The molecule has 0 aliphatic heterocycles. The van der Waals surface area contributed by atoms with Crippen molar-refractivity contribution in [3.05, 3.63) is 47.7 Å². The standard InChI is InChI=1S/C13H12ClN/c1-10(9-14)8-12-7-6-11-4-2-3-5-13(11)15-12/h2-8H,9H2,1H3. The van der Waals surface area contributed by atoms with Crippen LogP contribution in [0.2, 0.25) is 0 Å². The maximum atomic E-state index is 5.72. The summed E-state index contributed by atoms with van der Waals surface area (Å²) in [4.78, 5) is 4.53. The number of alkyl halides is 1. The molecular formula is C13H12ClN. The third-order valence-electron chi connectivity index (χ3n) is 2.23. The third kappa shape index (κ3) is 2.37. The largest absolute Gasteiger partial charge is 0.248 e. The van der Waals surface area contributed by atoms with E-state index in [1.165, 1.54) is 0 Å². The minimum Gasteiger partial charge on any atom is -0.248 e. The summed E-state index contributed by atoms with van der Waals surface area (Å²) in [6.07, 6.45) is 2.01. The Hall–Kier alpha value is -1.34. The van der Waals surface area contributed by atoms with Gasteiger partial charge >= 0.3 is 0 Å². The van der Waals surface area contributed by atoms with Crippen LogP contribution in [0, 0.1) is 0 Å². The molecule has 0 radical (unpaired) electrons. The Kier molecular flexibility index (Phi) is 3.02. The number of benzene rings is 1. The highest BCUT2D eigenvalue weighted by Gasteiger charge is 1.95. The van der Waals surface area contributed by atoms with Gasteiger partial charge in [-0.3, -0.25) is 0 Å². The fourth-order valence-corrected chi connectivity index (χ4v) is 1.53. The summed E-state index contributed by atoms with van der Waals surface area (Å²) in [6.45, 7) is 2.00. The number of nitrogens with zero attached hydrogens (tertiary/aromatic N) is 1. The highest BCUT2D eigenvalue weighted by Crippen LogP contribution is 2.13. The van der Waals surface area contributed by atoms with Crippen LogP contribution in [-0.4, -0.2) is 10.9 Å². The fraction of sp³-hybridized carbons (Fsp3) is 0.154. The van der Waals surface area contributed by atoms with Crippen LogP contribution >= 0.6 is 11.6 Å². The van der Waals surface area contributed by atoms with Crippen molar-refractivity contribution in [1.29, 1.82) is 0 Å². The van der Waals surface area contributed by atoms with Crippen LogP contribution in [0.5, 0.6) is 0 Å². The van der Waals surface area contributed by atoms with Gasteiger partial charge in [0.15, 0.2) is 0 Å². The number of aromatic nitrogens is 1. The Morgan fingerprint density at radius 2 is 2.07 bits per heavy atom. The van der Waals surface area contributed by atoms with E-state index in [9.17, 15) is 0 Å². The number of allylic oxidation sites excluding steroid dienone is 1. The minimum absolute atomic E-state index is 0.550. The molecule has 0 aliphatic rings. The molecule has 2 rings (SSSR count). The Bertz CT molecular complexity index is 503. The van der Waals surface area contributed by atoms with Gasteiger partial charge in [0.2, 0.25) is 0 Å². The fourth-order valence-electron chi connectivity index (χ4n) is 1.45. The van der Waals surface area contributed by atoms with Gasteiger partial charge in [0, 0.05) is 11.3 Å². The van der Waals surface area contributed by atoms with Crippen LogP contribution in [0.1, 0.15) is 12.6 Å². The number of hydrogen-bond acceptors (Lipinski definition) is 1. The highest BCUT2D eigenvalue weighted by atomic mass is 35.5. The summed E-state index contributed by atoms with van der Waals surface area (Å²) in [5.41, 5.74) is 3.11. The molecule has 1 aromatic carbocycles. The van der Waals surface area contributed by atoms with E-state index in [-0.39, 0.29) is 0 Å². The molecule has 0 atom stereocenters. The number of para-hydroxylation sites is 1. The molecule has 0 amide bonds. The highest BCUT2D eigenvalue weighted by molar-refractivity contribution is 6.19. The topological polar surface area (TPSA) is 12.9 Å². The summed E-state index contributed by atoms with van der Waals surface area (Å²) in [7, 11) is 0. The van der Waals surface area contributed by atoms with Gasteiger partial charge in [-0.1, -0.05) is 29.8 Å². The summed E-state index contributed by atoms with van der Waals surface area (Å²) in [5.74, 6) is 0.550. The molecule has 1 aromatic heterocycles. The summed E-state index contributed by atoms with van der Waals surface area (Å²) in [5, 5.41) is 1.16. The lowest BCUT2D eigenvalue weighted by Crippen LogP contribution is -1.84. The predicted molar refractivity (Wildman–Crippen MR) is 66.1 cm³/mol. The molecule has 0 unspecified atom stereocenters. The SMILES string of the molecule is CC(=Cc1ccc2ccccc2n1)CCl. The number of halogens is 1. The number of hydrogen-bond donors (Lipinski definition) is 0. The van der Waals surface area contributed by atoms with E-state index in [0.29, 0.717) is 5.88 Å². The van der Waals surface area contributed by atoms with E-state index < -0.39 is 0 Å². The zero-order valence-corrected chi connectivity index (χ0v) is 9.33. The van der Waals surface area contributed by atoms with E-state index in [4.69, 9.17) is 11.6 Å². The van der Waals surface area contributed by atoms with Crippen molar-refractivity contribution < 1.29 is 0 Å². The van der Waals surface area contributed by atoms with Crippen LogP contribution < -0.4 is 0 Å². The molecule has 0 fully saturated rings. The van der Waals surface area contributed by atoms with Crippen LogP contribution in [0.3, 0.4) is 0 Å². The van der Waals surface area contributed by atoms with Gasteiger partial charge in [-0.15, -0.1) is 11.6 Å².